The van der Waals surface area contributed by atoms with Gasteiger partial charge in [-0.25, -0.2) is 19.7 Å². The number of amides is 2. The Kier molecular flexibility index (Phi) is 5.92. The van der Waals surface area contributed by atoms with Gasteiger partial charge in [-0.15, -0.1) is 0 Å². The fourth-order valence-electron chi connectivity index (χ4n) is 3.49. The number of nitrogens with one attached hydrogen (secondary N) is 2. The molecule has 0 bridgehead atoms. The highest BCUT2D eigenvalue weighted by molar-refractivity contribution is 6.03. The first-order valence-electron chi connectivity index (χ1n) is 10.2. The summed E-state index contributed by atoms with van der Waals surface area (Å²) in [5.74, 6) is 1.31. The van der Waals surface area contributed by atoms with Crippen LogP contribution in [0.3, 0.4) is 0 Å². The summed E-state index contributed by atoms with van der Waals surface area (Å²) in [5.41, 5.74) is 3.39. The van der Waals surface area contributed by atoms with E-state index in [0.29, 0.717) is 17.5 Å². The highest BCUT2D eigenvalue weighted by Crippen LogP contribution is 2.32. The SMILES string of the molecule is COc1cc(NC(=O)N2c3nc(-c4ccc(C)nc4)ccc3NCCC[C@H]2C)ncn1. The number of rotatable bonds is 3. The molecule has 0 fully saturated rings. The molecule has 2 amide bonds. The Morgan fingerprint density at radius 1 is 1.23 bits per heavy atom. The third-order valence-corrected chi connectivity index (χ3v) is 5.17. The van der Waals surface area contributed by atoms with Crippen molar-refractivity contribution in [2.45, 2.75) is 32.7 Å². The van der Waals surface area contributed by atoms with Crippen molar-refractivity contribution in [3.05, 3.63) is 48.5 Å². The second-order valence-electron chi connectivity index (χ2n) is 7.42. The average Bonchev–Trinajstić information content (AvgIpc) is 2.77. The van der Waals surface area contributed by atoms with Gasteiger partial charge in [0, 0.05) is 36.1 Å². The summed E-state index contributed by atoms with van der Waals surface area (Å²) in [5, 5.41) is 6.24. The van der Waals surface area contributed by atoms with Crippen LogP contribution in [-0.4, -0.2) is 45.7 Å². The summed E-state index contributed by atoms with van der Waals surface area (Å²) in [6.45, 7) is 4.79. The van der Waals surface area contributed by atoms with Crippen LogP contribution in [0, 0.1) is 6.92 Å². The van der Waals surface area contributed by atoms with Gasteiger partial charge in [-0.2, -0.15) is 0 Å². The number of carbonyl (C=O) groups excluding carboxylic acids is 1. The number of hydrogen-bond donors (Lipinski definition) is 2. The normalized spacial score (nSPS) is 15.8. The van der Waals surface area contributed by atoms with Crippen LogP contribution in [0.25, 0.3) is 11.3 Å². The molecular weight excluding hydrogens is 394 g/mol. The van der Waals surface area contributed by atoms with Crippen molar-refractivity contribution in [3.63, 3.8) is 0 Å². The summed E-state index contributed by atoms with van der Waals surface area (Å²) < 4.78 is 5.12. The number of pyridine rings is 2. The van der Waals surface area contributed by atoms with Gasteiger partial charge in [-0.05, 0) is 51.0 Å². The van der Waals surface area contributed by atoms with Crippen molar-refractivity contribution >= 4 is 23.4 Å². The molecule has 0 saturated carbocycles. The quantitative estimate of drug-likeness (QED) is 0.664. The standard InChI is InChI=1S/C22H25N7O2/c1-14-6-7-16(12-24-14)17-8-9-18-21(27-17)29(15(2)5-4-10-23-18)22(30)28-19-11-20(31-3)26-13-25-19/h6-9,11-13,15,23H,4-5,10H2,1-3H3,(H,25,26,28,30)/t15-/m1/s1. The van der Waals surface area contributed by atoms with Crippen molar-refractivity contribution < 1.29 is 9.53 Å². The van der Waals surface area contributed by atoms with Gasteiger partial charge in [-0.1, -0.05) is 0 Å². The van der Waals surface area contributed by atoms with Crippen molar-refractivity contribution in [3.8, 4) is 17.1 Å². The zero-order valence-electron chi connectivity index (χ0n) is 17.8. The van der Waals surface area contributed by atoms with Crippen molar-refractivity contribution in [2.24, 2.45) is 0 Å². The molecule has 0 radical (unpaired) electrons. The summed E-state index contributed by atoms with van der Waals surface area (Å²) in [6, 6.07) is 9.04. The number of methoxy groups -OCH3 is 1. The Bertz CT molecular complexity index is 1070. The van der Waals surface area contributed by atoms with Crippen LogP contribution in [0.4, 0.5) is 22.1 Å². The van der Waals surface area contributed by atoms with Crippen LogP contribution in [0.1, 0.15) is 25.5 Å². The number of urea groups is 1. The van der Waals surface area contributed by atoms with Crippen LogP contribution < -0.4 is 20.3 Å². The van der Waals surface area contributed by atoms with E-state index in [-0.39, 0.29) is 12.1 Å². The van der Waals surface area contributed by atoms with Gasteiger partial charge in [0.05, 0.1) is 18.5 Å². The number of aryl methyl sites for hydroxylation is 1. The van der Waals surface area contributed by atoms with Crippen molar-refractivity contribution in [1.29, 1.82) is 0 Å². The zero-order valence-corrected chi connectivity index (χ0v) is 17.8. The third-order valence-electron chi connectivity index (χ3n) is 5.17. The minimum atomic E-state index is -0.315. The lowest BCUT2D eigenvalue weighted by Crippen LogP contribution is -2.43. The predicted octanol–water partition coefficient (Wildman–Crippen LogP) is 3.88. The fraction of sp³-hybridized carbons (Fsp3) is 0.318. The van der Waals surface area contributed by atoms with Crippen LogP contribution in [0.2, 0.25) is 0 Å². The lowest BCUT2D eigenvalue weighted by molar-refractivity contribution is 0.254. The lowest BCUT2D eigenvalue weighted by Gasteiger charge is -2.32. The van der Waals surface area contributed by atoms with Crippen LogP contribution in [-0.2, 0) is 0 Å². The Morgan fingerprint density at radius 2 is 2.10 bits per heavy atom. The molecule has 31 heavy (non-hydrogen) atoms. The fourth-order valence-corrected chi connectivity index (χ4v) is 3.49. The molecule has 0 saturated heterocycles. The average molecular weight is 419 g/mol. The lowest BCUT2D eigenvalue weighted by atomic mass is 10.1. The highest BCUT2D eigenvalue weighted by Gasteiger charge is 2.28. The monoisotopic (exact) mass is 419 g/mol. The Hall–Kier alpha value is -3.75. The van der Waals surface area contributed by atoms with Gasteiger partial charge in [-0.3, -0.25) is 15.2 Å². The molecule has 4 rings (SSSR count). The second-order valence-corrected chi connectivity index (χ2v) is 7.42. The molecule has 2 N–H and O–H groups in total. The second kappa shape index (κ2) is 8.95. The van der Waals surface area contributed by atoms with Crippen LogP contribution in [0.5, 0.6) is 5.88 Å². The van der Waals surface area contributed by atoms with E-state index in [1.165, 1.54) is 13.4 Å². The Morgan fingerprint density at radius 3 is 2.87 bits per heavy atom. The number of ether oxygens (including phenoxy) is 1. The number of anilines is 3. The van der Waals surface area contributed by atoms with E-state index in [0.717, 1.165) is 42.0 Å². The van der Waals surface area contributed by atoms with Crippen molar-refractivity contribution in [1.82, 2.24) is 19.9 Å². The molecule has 3 aromatic rings. The van der Waals surface area contributed by atoms with Crippen LogP contribution in [0.15, 0.2) is 42.9 Å². The van der Waals surface area contributed by atoms with E-state index < -0.39 is 0 Å². The Balaban J connectivity index is 1.71. The van der Waals surface area contributed by atoms with E-state index in [1.807, 2.05) is 38.1 Å². The number of hydrogen-bond acceptors (Lipinski definition) is 7. The summed E-state index contributed by atoms with van der Waals surface area (Å²) in [6.07, 6.45) is 4.92. The van der Waals surface area contributed by atoms with Gasteiger partial charge in [0.25, 0.3) is 0 Å². The molecule has 1 aliphatic rings. The largest absolute Gasteiger partial charge is 0.481 e. The molecule has 4 heterocycles. The van der Waals surface area contributed by atoms with Gasteiger partial charge in [0.15, 0.2) is 5.82 Å². The van der Waals surface area contributed by atoms with E-state index >= 15 is 0 Å². The van der Waals surface area contributed by atoms with Gasteiger partial charge in [0.2, 0.25) is 5.88 Å². The molecule has 0 aromatic carbocycles. The van der Waals surface area contributed by atoms with Gasteiger partial charge < -0.3 is 10.1 Å². The van der Waals surface area contributed by atoms with Gasteiger partial charge in [0.1, 0.15) is 12.1 Å². The molecule has 9 heteroatoms. The molecule has 9 nitrogen and oxygen atoms in total. The summed E-state index contributed by atoms with van der Waals surface area (Å²) in [4.78, 5) is 32.3. The number of aromatic nitrogens is 4. The first-order chi connectivity index (χ1) is 15.0. The number of nitrogens with zero attached hydrogens (tertiary/aromatic N) is 5. The molecule has 0 unspecified atom stereocenters. The molecule has 1 atom stereocenters. The summed E-state index contributed by atoms with van der Waals surface area (Å²) in [7, 11) is 1.52. The van der Waals surface area contributed by atoms with E-state index in [4.69, 9.17) is 9.72 Å². The smallest absolute Gasteiger partial charge is 0.328 e. The first-order valence-corrected chi connectivity index (χ1v) is 10.2. The van der Waals surface area contributed by atoms with E-state index in [2.05, 4.69) is 25.6 Å². The first kappa shape index (κ1) is 20.5. The Labute approximate surface area is 180 Å². The molecule has 1 aliphatic heterocycles. The maximum Gasteiger partial charge on any atom is 0.328 e. The molecule has 3 aromatic heterocycles. The molecule has 160 valence electrons. The maximum absolute atomic E-state index is 13.3. The van der Waals surface area contributed by atoms with Gasteiger partial charge >= 0.3 is 6.03 Å². The van der Waals surface area contributed by atoms with Crippen LogP contribution >= 0.6 is 0 Å². The highest BCUT2D eigenvalue weighted by atomic mass is 16.5. The number of carbonyl (C=O) groups is 1. The molecule has 0 aliphatic carbocycles. The molecular formula is C22H25N7O2. The minimum absolute atomic E-state index is 0.0523. The maximum atomic E-state index is 13.3. The summed E-state index contributed by atoms with van der Waals surface area (Å²) >= 11 is 0. The van der Waals surface area contributed by atoms with E-state index in [9.17, 15) is 4.79 Å². The zero-order chi connectivity index (χ0) is 21.8. The van der Waals surface area contributed by atoms with E-state index in [1.54, 1.807) is 17.2 Å². The third kappa shape index (κ3) is 4.55. The predicted molar refractivity (Wildman–Crippen MR) is 119 cm³/mol. The van der Waals surface area contributed by atoms with Crippen molar-refractivity contribution in [2.75, 3.05) is 29.2 Å². The molecule has 0 spiro atoms. The minimum Gasteiger partial charge on any atom is -0.481 e. The topological polar surface area (TPSA) is 105 Å². The number of fused-ring (bicyclic) bond motifs is 1.